The summed E-state index contributed by atoms with van der Waals surface area (Å²) in [6, 6.07) is 0.579. The number of hydrogen-bond acceptors (Lipinski definition) is 3. The molecule has 1 atom stereocenters. The van der Waals surface area contributed by atoms with E-state index < -0.39 is 0 Å². The van der Waals surface area contributed by atoms with Crippen LogP contribution in [0.15, 0.2) is 0 Å². The topological polar surface area (TPSA) is 58.4 Å². The molecule has 1 amide bonds. The van der Waals surface area contributed by atoms with Crippen molar-refractivity contribution >= 4 is 5.91 Å². The Bertz CT molecular complexity index is 191. The molecule has 2 fully saturated rings. The minimum absolute atomic E-state index is 0.0637. The van der Waals surface area contributed by atoms with Gasteiger partial charge in [-0.2, -0.15) is 0 Å². The smallest absolute Gasteiger partial charge is 0.236 e. The monoisotopic (exact) mass is 169 g/mol. The highest BCUT2D eigenvalue weighted by atomic mass is 16.1. The first-order valence-corrected chi connectivity index (χ1v) is 4.55. The number of amides is 1. The summed E-state index contributed by atoms with van der Waals surface area (Å²) < 4.78 is 0. The van der Waals surface area contributed by atoms with E-state index in [9.17, 15) is 4.79 Å². The molecule has 2 rings (SSSR count). The fourth-order valence-corrected chi connectivity index (χ4v) is 1.83. The highest BCUT2D eigenvalue weighted by Crippen LogP contribution is 2.28. The van der Waals surface area contributed by atoms with Crippen molar-refractivity contribution in [1.82, 2.24) is 10.2 Å². The van der Waals surface area contributed by atoms with Crippen molar-refractivity contribution in [3.05, 3.63) is 0 Å². The van der Waals surface area contributed by atoms with Gasteiger partial charge in [-0.15, -0.1) is 0 Å². The second-order valence-corrected chi connectivity index (χ2v) is 3.59. The summed E-state index contributed by atoms with van der Waals surface area (Å²) in [5.41, 5.74) is 5.30. The Morgan fingerprint density at radius 1 is 1.50 bits per heavy atom. The van der Waals surface area contributed by atoms with E-state index in [1.807, 2.05) is 0 Å². The van der Waals surface area contributed by atoms with Crippen LogP contribution in [0.3, 0.4) is 0 Å². The van der Waals surface area contributed by atoms with Gasteiger partial charge >= 0.3 is 0 Å². The van der Waals surface area contributed by atoms with Crippen molar-refractivity contribution in [2.24, 2.45) is 5.73 Å². The van der Waals surface area contributed by atoms with Gasteiger partial charge in [0.15, 0.2) is 0 Å². The molecule has 12 heavy (non-hydrogen) atoms. The van der Waals surface area contributed by atoms with Crippen LogP contribution in [-0.4, -0.2) is 42.5 Å². The van der Waals surface area contributed by atoms with E-state index in [1.54, 1.807) is 0 Å². The fraction of sp³-hybridized carbons (Fsp3) is 0.875. The standard InChI is InChI=1S/C8H15N3O/c9-8(12)7-5-10-3-4-11(7)6-1-2-6/h6-7,10H,1-5H2,(H2,9,12). The van der Waals surface area contributed by atoms with Gasteiger partial charge in [-0.3, -0.25) is 9.69 Å². The second kappa shape index (κ2) is 3.03. The van der Waals surface area contributed by atoms with Crippen molar-refractivity contribution in [3.63, 3.8) is 0 Å². The van der Waals surface area contributed by atoms with Gasteiger partial charge in [-0.05, 0) is 12.8 Å². The van der Waals surface area contributed by atoms with Crippen molar-refractivity contribution in [1.29, 1.82) is 0 Å². The van der Waals surface area contributed by atoms with Gasteiger partial charge in [0.25, 0.3) is 0 Å². The molecule has 0 radical (unpaired) electrons. The first kappa shape index (κ1) is 8.01. The number of nitrogens with one attached hydrogen (secondary N) is 1. The zero-order valence-electron chi connectivity index (χ0n) is 7.12. The minimum Gasteiger partial charge on any atom is -0.368 e. The summed E-state index contributed by atoms with van der Waals surface area (Å²) in [6.45, 7) is 2.68. The van der Waals surface area contributed by atoms with Gasteiger partial charge in [-0.25, -0.2) is 0 Å². The third-order valence-electron chi connectivity index (χ3n) is 2.63. The molecule has 1 aliphatic heterocycles. The van der Waals surface area contributed by atoms with Gasteiger partial charge in [0, 0.05) is 25.7 Å². The number of primary amides is 1. The SMILES string of the molecule is NC(=O)C1CNCCN1C1CC1. The Morgan fingerprint density at radius 2 is 2.25 bits per heavy atom. The normalized spacial score (nSPS) is 31.8. The molecule has 1 aliphatic carbocycles. The Hall–Kier alpha value is -0.610. The van der Waals surface area contributed by atoms with E-state index in [1.165, 1.54) is 12.8 Å². The van der Waals surface area contributed by atoms with Crippen molar-refractivity contribution < 1.29 is 4.79 Å². The lowest BCUT2D eigenvalue weighted by Crippen LogP contribution is -2.57. The van der Waals surface area contributed by atoms with E-state index in [4.69, 9.17) is 5.73 Å². The first-order chi connectivity index (χ1) is 5.79. The molecule has 4 heteroatoms. The van der Waals surface area contributed by atoms with Gasteiger partial charge in [0.05, 0.1) is 0 Å². The highest BCUT2D eigenvalue weighted by Gasteiger charge is 2.37. The number of carbonyl (C=O) groups excluding carboxylic acids is 1. The number of nitrogens with zero attached hydrogens (tertiary/aromatic N) is 1. The summed E-state index contributed by atoms with van der Waals surface area (Å²) in [5.74, 6) is -0.186. The minimum atomic E-state index is -0.186. The fourth-order valence-electron chi connectivity index (χ4n) is 1.83. The van der Waals surface area contributed by atoms with Crippen molar-refractivity contribution in [2.75, 3.05) is 19.6 Å². The Morgan fingerprint density at radius 3 is 2.83 bits per heavy atom. The van der Waals surface area contributed by atoms with Gasteiger partial charge in [-0.1, -0.05) is 0 Å². The quantitative estimate of drug-likeness (QED) is 0.552. The zero-order valence-corrected chi connectivity index (χ0v) is 7.12. The van der Waals surface area contributed by atoms with E-state index >= 15 is 0 Å². The van der Waals surface area contributed by atoms with Crippen molar-refractivity contribution in [2.45, 2.75) is 24.9 Å². The van der Waals surface area contributed by atoms with E-state index in [2.05, 4.69) is 10.2 Å². The van der Waals surface area contributed by atoms with Crippen LogP contribution in [0.25, 0.3) is 0 Å². The van der Waals surface area contributed by atoms with Crippen LogP contribution in [0.2, 0.25) is 0 Å². The molecule has 1 heterocycles. The maximum Gasteiger partial charge on any atom is 0.236 e. The molecule has 0 aromatic heterocycles. The predicted molar refractivity (Wildman–Crippen MR) is 45.6 cm³/mol. The van der Waals surface area contributed by atoms with Crippen LogP contribution >= 0.6 is 0 Å². The molecule has 0 aromatic carbocycles. The summed E-state index contributed by atoms with van der Waals surface area (Å²) in [4.78, 5) is 13.3. The third kappa shape index (κ3) is 1.44. The largest absolute Gasteiger partial charge is 0.368 e. The predicted octanol–water partition coefficient (Wildman–Crippen LogP) is -1.09. The maximum absolute atomic E-state index is 11.0. The van der Waals surface area contributed by atoms with Gasteiger partial charge in [0.2, 0.25) is 5.91 Å². The Balaban J connectivity index is 2.00. The molecule has 1 saturated carbocycles. The number of rotatable bonds is 2. The molecule has 2 aliphatic rings. The molecular formula is C8H15N3O. The van der Waals surface area contributed by atoms with Crippen LogP contribution in [0.1, 0.15) is 12.8 Å². The number of carbonyl (C=O) groups is 1. The number of piperazine rings is 1. The highest BCUT2D eigenvalue weighted by molar-refractivity contribution is 5.80. The summed E-state index contributed by atoms with van der Waals surface area (Å²) >= 11 is 0. The first-order valence-electron chi connectivity index (χ1n) is 4.55. The third-order valence-corrected chi connectivity index (χ3v) is 2.63. The lowest BCUT2D eigenvalue weighted by atomic mass is 10.2. The zero-order chi connectivity index (χ0) is 8.55. The van der Waals surface area contributed by atoms with Crippen LogP contribution in [0.4, 0.5) is 0 Å². The molecule has 0 bridgehead atoms. The molecular weight excluding hydrogens is 154 g/mol. The molecule has 0 aromatic rings. The lowest BCUT2D eigenvalue weighted by molar-refractivity contribution is -0.124. The average Bonchev–Trinajstić information content (AvgIpc) is 2.87. The molecule has 1 saturated heterocycles. The van der Waals surface area contributed by atoms with Crippen LogP contribution in [-0.2, 0) is 4.79 Å². The van der Waals surface area contributed by atoms with Gasteiger partial charge < -0.3 is 11.1 Å². The summed E-state index contributed by atoms with van der Waals surface area (Å²) in [6.07, 6.45) is 2.48. The number of nitrogens with two attached hydrogens (primary N) is 1. The number of hydrogen-bond donors (Lipinski definition) is 2. The van der Waals surface area contributed by atoms with Crippen molar-refractivity contribution in [3.8, 4) is 0 Å². The van der Waals surface area contributed by atoms with E-state index in [0.29, 0.717) is 6.04 Å². The Kier molecular flexibility index (Phi) is 2.02. The van der Waals surface area contributed by atoms with Crippen LogP contribution < -0.4 is 11.1 Å². The average molecular weight is 169 g/mol. The molecule has 68 valence electrons. The molecule has 3 N–H and O–H groups in total. The summed E-state index contributed by atoms with van der Waals surface area (Å²) in [7, 11) is 0. The van der Waals surface area contributed by atoms with Crippen LogP contribution in [0, 0.1) is 0 Å². The van der Waals surface area contributed by atoms with Gasteiger partial charge in [0.1, 0.15) is 6.04 Å². The van der Waals surface area contributed by atoms with E-state index in [0.717, 1.165) is 19.6 Å². The van der Waals surface area contributed by atoms with E-state index in [-0.39, 0.29) is 11.9 Å². The Labute approximate surface area is 72.1 Å². The van der Waals surface area contributed by atoms with Crippen LogP contribution in [0.5, 0.6) is 0 Å². The lowest BCUT2D eigenvalue weighted by Gasteiger charge is -2.34. The maximum atomic E-state index is 11.0. The molecule has 0 spiro atoms. The molecule has 4 nitrogen and oxygen atoms in total. The molecule has 1 unspecified atom stereocenters. The second-order valence-electron chi connectivity index (χ2n) is 3.59. The summed E-state index contributed by atoms with van der Waals surface area (Å²) in [5, 5.41) is 3.19.